The number of hydrogen-bond acceptors (Lipinski definition) is 4. The molecule has 0 atom stereocenters. The van der Waals surface area contributed by atoms with Gasteiger partial charge in [-0.2, -0.15) is 0 Å². The van der Waals surface area contributed by atoms with Crippen LogP contribution < -0.4 is 14.2 Å². The maximum Gasteiger partial charge on any atom is 0.185 e. The van der Waals surface area contributed by atoms with E-state index in [1.807, 2.05) is 6.07 Å². The standard InChI is InChI=1S/C18H18O4/c1-20-15-6-4-5-13(11-15)17(19)9-7-14-12-16(21-2)8-10-18(14)22-3/h4-12H,1-3H3/b9-7+. The van der Waals surface area contributed by atoms with E-state index in [1.165, 1.54) is 6.08 Å². The number of hydrogen-bond donors (Lipinski definition) is 0. The quantitative estimate of drug-likeness (QED) is 0.603. The fourth-order valence-corrected chi connectivity index (χ4v) is 2.01. The van der Waals surface area contributed by atoms with Gasteiger partial charge < -0.3 is 14.2 Å². The smallest absolute Gasteiger partial charge is 0.185 e. The number of carbonyl (C=O) groups excluding carboxylic acids is 1. The van der Waals surface area contributed by atoms with Crippen molar-refractivity contribution in [2.45, 2.75) is 0 Å². The van der Waals surface area contributed by atoms with Gasteiger partial charge in [0.2, 0.25) is 0 Å². The van der Waals surface area contributed by atoms with E-state index in [2.05, 4.69) is 0 Å². The lowest BCUT2D eigenvalue weighted by atomic mass is 10.1. The number of methoxy groups -OCH3 is 3. The first-order chi connectivity index (χ1) is 10.7. The second-order valence-electron chi connectivity index (χ2n) is 4.54. The minimum Gasteiger partial charge on any atom is -0.497 e. The summed E-state index contributed by atoms with van der Waals surface area (Å²) in [6, 6.07) is 12.5. The Bertz CT molecular complexity index is 689. The van der Waals surface area contributed by atoms with Gasteiger partial charge in [-0.05, 0) is 42.5 Å². The molecular formula is C18H18O4. The monoisotopic (exact) mass is 298 g/mol. The molecule has 2 aromatic carbocycles. The third-order valence-corrected chi connectivity index (χ3v) is 3.21. The van der Waals surface area contributed by atoms with Gasteiger partial charge in [0, 0.05) is 11.1 Å². The van der Waals surface area contributed by atoms with Crippen LogP contribution >= 0.6 is 0 Å². The zero-order valence-corrected chi connectivity index (χ0v) is 12.8. The van der Waals surface area contributed by atoms with Crippen molar-refractivity contribution in [3.63, 3.8) is 0 Å². The summed E-state index contributed by atoms with van der Waals surface area (Å²) in [6.45, 7) is 0. The first-order valence-corrected chi connectivity index (χ1v) is 6.76. The molecule has 0 aliphatic carbocycles. The van der Waals surface area contributed by atoms with E-state index in [0.29, 0.717) is 22.8 Å². The van der Waals surface area contributed by atoms with E-state index < -0.39 is 0 Å². The molecule has 114 valence electrons. The van der Waals surface area contributed by atoms with Crippen molar-refractivity contribution in [2.24, 2.45) is 0 Å². The molecule has 0 aromatic heterocycles. The van der Waals surface area contributed by atoms with Crippen molar-refractivity contribution in [1.82, 2.24) is 0 Å². The molecule has 0 radical (unpaired) electrons. The highest BCUT2D eigenvalue weighted by atomic mass is 16.5. The Kier molecular flexibility index (Phi) is 5.20. The molecule has 2 aromatic rings. The predicted molar refractivity (Wildman–Crippen MR) is 85.9 cm³/mol. The summed E-state index contributed by atoms with van der Waals surface area (Å²) in [7, 11) is 4.75. The zero-order chi connectivity index (χ0) is 15.9. The third kappa shape index (κ3) is 3.67. The minimum absolute atomic E-state index is 0.108. The molecule has 0 saturated heterocycles. The number of carbonyl (C=O) groups is 1. The Balaban J connectivity index is 2.25. The molecule has 0 N–H and O–H groups in total. The first kappa shape index (κ1) is 15.6. The Hall–Kier alpha value is -2.75. The Morgan fingerprint density at radius 2 is 1.64 bits per heavy atom. The molecule has 0 unspecified atom stereocenters. The van der Waals surface area contributed by atoms with Crippen molar-refractivity contribution in [2.75, 3.05) is 21.3 Å². The molecule has 0 aliphatic rings. The molecule has 0 bridgehead atoms. The third-order valence-electron chi connectivity index (χ3n) is 3.21. The van der Waals surface area contributed by atoms with Gasteiger partial charge in [-0.25, -0.2) is 0 Å². The number of benzene rings is 2. The Labute approximate surface area is 129 Å². The van der Waals surface area contributed by atoms with Crippen LogP contribution in [0.1, 0.15) is 15.9 Å². The van der Waals surface area contributed by atoms with Crippen LogP contribution in [0.3, 0.4) is 0 Å². The highest BCUT2D eigenvalue weighted by molar-refractivity contribution is 6.07. The summed E-state index contributed by atoms with van der Waals surface area (Å²) in [5, 5.41) is 0. The van der Waals surface area contributed by atoms with Gasteiger partial charge in [0.1, 0.15) is 17.2 Å². The molecule has 0 spiro atoms. The van der Waals surface area contributed by atoms with Gasteiger partial charge >= 0.3 is 0 Å². The van der Waals surface area contributed by atoms with Crippen LogP contribution in [0.4, 0.5) is 0 Å². The highest BCUT2D eigenvalue weighted by Gasteiger charge is 2.05. The second-order valence-corrected chi connectivity index (χ2v) is 4.54. The highest BCUT2D eigenvalue weighted by Crippen LogP contribution is 2.25. The average molecular weight is 298 g/mol. The molecular weight excluding hydrogens is 280 g/mol. The van der Waals surface area contributed by atoms with E-state index in [-0.39, 0.29) is 5.78 Å². The van der Waals surface area contributed by atoms with Gasteiger partial charge in [-0.1, -0.05) is 12.1 Å². The summed E-state index contributed by atoms with van der Waals surface area (Å²) in [6.07, 6.45) is 3.22. The maximum atomic E-state index is 12.2. The summed E-state index contributed by atoms with van der Waals surface area (Å²) in [5.41, 5.74) is 1.34. The maximum absolute atomic E-state index is 12.2. The molecule has 4 nitrogen and oxygen atoms in total. The number of ketones is 1. The van der Waals surface area contributed by atoms with Gasteiger partial charge in [0.05, 0.1) is 21.3 Å². The fourth-order valence-electron chi connectivity index (χ4n) is 2.01. The normalized spacial score (nSPS) is 10.5. The number of allylic oxidation sites excluding steroid dienone is 1. The largest absolute Gasteiger partial charge is 0.497 e. The van der Waals surface area contributed by atoms with Crippen molar-refractivity contribution in [1.29, 1.82) is 0 Å². The van der Waals surface area contributed by atoms with Crippen LogP contribution in [0.5, 0.6) is 17.2 Å². The molecule has 2 rings (SSSR count). The average Bonchev–Trinajstić information content (AvgIpc) is 2.59. The van der Waals surface area contributed by atoms with Crippen LogP contribution in [-0.2, 0) is 0 Å². The van der Waals surface area contributed by atoms with E-state index in [0.717, 1.165) is 5.56 Å². The predicted octanol–water partition coefficient (Wildman–Crippen LogP) is 3.61. The molecule has 0 amide bonds. The van der Waals surface area contributed by atoms with E-state index in [9.17, 15) is 4.79 Å². The van der Waals surface area contributed by atoms with Gasteiger partial charge in [-0.15, -0.1) is 0 Å². The molecule has 0 saturated carbocycles. The van der Waals surface area contributed by atoms with Crippen molar-refractivity contribution in [3.05, 3.63) is 59.7 Å². The number of ether oxygens (including phenoxy) is 3. The lowest BCUT2D eigenvalue weighted by Gasteiger charge is -2.07. The molecule has 4 heteroatoms. The van der Waals surface area contributed by atoms with Gasteiger partial charge in [0.15, 0.2) is 5.78 Å². The van der Waals surface area contributed by atoms with Crippen LogP contribution in [-0.4, -0.2) is 27.1 Å². The molecule has 22 heavy (non-hydrogen) atoms. The molecule has 0 aliphatic heterocycles. The van der Waals surface area contributed by atoms with Crippen LogP contribution in [0.25, 0.3) is 6.08 Å². The summed E-state index contributed by atoms with van der Waals surface area (Å²) in [5.74, 6) is 1.92. The van der Waals surface area contributed by atoms with Gasteiger partial charge in [0.25, 0.3) is 0 Å². The van der Waals surface area contributed by atoms with E-state index in [1.54, 1.807) is 63.8 Å². The zero-order valence-electron chi connectivity index (χ0n) is 12.8. The minimum atomic E-state index is -0.108. The Morgan fingerprint density at radius 1 is 0.909 bits per heavy atom. The SMILES string of the molecule is COc1cccc(C(=O)/C=C/c2cc(OC)ccc2OC)c1. The topological polar surface area (TPSA) is 44.8 Å². The van der Waals surface area contributed by atoms with Crippen molar-refractivity contribution >= 4 is 11.9 Å². The van der Waals surface area contributed by atoms with Crippen LogP contribution in [0.15, 0.2) is 48.5 Å². The summed E-state index contributed by atoms with van der Waals surface area (Å²) < 4.78 is 15.6. The van der Waals surface area contributed by atoms with E-state index in [4.69, 9.17) is 14.2 Å². The van der Waals surface area contributed by atoms with Crippen molar-refractivity contribution in [3.8, 4) is 17.2 Å². The fraction of sp³-hybridized carbons (Fsp3) is 0.167. The molecule has 0 heterocycles. The second kappa shape index (κ2) is 7.31. The van der Waals surface area contributed by atoms with E-state index >= 15 is 0 Å². The summed E-state index contributed by atoms with van der Waals surface area (Å²) in [4.78, 5) is 12.2. The van der Waals surface area contributed by atoms with Gasteiger partial charge in [-0.3, -0.25) is 4.79 Å². The van der Waals surface area contributed by atoms with Crippen LogP contribution in [0.2, 0.25) is 0 Å². The van der Waals surface area contributed by atoms with Crippen molar-refractivity contribution < 1.29 is 19.0 Å². The lowest BCUT2D eigenvalue weighted by molar-refractivity contribution is 0.104. The lowest BCUT2D eigenvalue weighted by Crippen LogP contribution is -1.95. The first-order valence-electron chi connectivity index (χ1n) is 6.76. The Morgan fingerprint density at radius 3 is 2.32 bits per heavy atom. The van der Waals surface area contributed by atoms with Crippen LogP contribution in [0, 0.1) is 0 Å². The summed E-state index contributed by atoms with van der Waals surface area (Å²) >= 11 is 0. The number of rotatable bonds is 6. The molecule has 0 fully saturated rings.